The zero-order valence-electron chi connectivity index (χ0n) is 10.7. The molecule has 1 amide bonds. The summed E-state index contributed by atoms with van der Waals surface area (Å²) in [5.74, 6) is -0.800. The van der Waals surface area contributed by atoms with Crippen molar-refractivity contribution in [2.75, 3.05) is 12.4 Å². The first-order chi connectivity index (χ1) is 9.60. The van der Waals surface area contributed by atoms with E-state index in [1.165, 1.54) is 25.6 Å². The van der Waals surface area contributed by atoms with Gasteiger partial charge in [0, 0.05) is 11.8 Å². The standard InChI is InChI=1S/C14H12N2O4/c1-20-12-4-2-9(3-5-12)13(17)16-11-6-10(14(18)19)7-15-8-11/h2-8H,1H3,(H,16,17)(H,18,19). The molecule has 2 N–H and O–H groups in total. The fourth-order valence-electron chi connectivity index (χ4n) is 1.57. The van der Waals surface area contributed by atoms with E-state index < -0.39 is 5.97 Å². The summed E-state index contributed by atoms with van der Waals surface area (Å²) in [6.45, 7) is 0. The van der Waals surface area contributed by atoms with Crippen molar-refractivity contribution in [1.29, 1.82) is 0 Å². The number of carbonyl (C=O) groups excluding carboxylic acids is 1. The summed E-state index contributed by atoms with van der Waals surface area (Å²) >= 11 is 0. The number of pyridine rings is 1. The Labute approximate surface area is 115 Å². The first-order valence-corrected chi connectivity index (χ1v) is 5.74. The first kappa shape index (κ1) is 13.5. The molecule has 0 saturated carbocycles. The van der Waals surface area contributed by atoms with Gasteiger partial charge >= 0.3 is 5.97 Å². The predicted molar refractivity (Wildman–Crippen MR) is 72.1 cm³/mol. The van der Waals surface area contributed by atoms with E-state index in [9.17, 15) is 9.59 Å². The van der Waals surface area contributed by atoms with Crippen LogP contribution in [0.4, 0.5) is 5.69 Å². The summed E-state index contributed by atoms with van der Waals surface area (Å²) in [6, 6.07) is 7.91. The molecule has 0 aliphatic carbocycles. The third-order valence-electron chi connectivity index (χ3n) is 2.60. The van der Waals surface area contributed by atoms with Crippen LogP contribution in [0.3, 0.4) is 0 Å². The van der Waals surface area contributed by atoms with E-state index in [1.807, 2.05) is 0 Å². The van der Waals surface area contributed by atoms with E-state index in [0.29, 0.717) is 17.0 Å². The van der Waals surface area contributed by atoms with Gasteiger partial charge in [-0.15, -0.1) is 0 Å². The maximum atomic E-state index is 12.0. The molecule has 0 radical (unpaired) electrons. The number of aromatic carboxylic acids is 1. The van der Waals surface area contributed by atoms with Gasteiger partial charge in [-0.05, 0) is 30.3 Å². The lowest BCUT2D eigenvalue weighted by atomic mass is 10.2. The fourth-order valence-corrected chi connectivity index (χ4v) is 1.57. The number of nitrogens with one attached hydrogen (secondary N) is 1. The third-order valence-corrected chi connectivity index (χ3v) is 2.60. The van der Waals surface area contributed by atoms with E-state index in [2.05, 4.69) is 10.3 Å². The number of carboxylic acid groups (broad SMARTS) is 1. The number of methoxy groups -OCH3 is 1. The number of amides is 1. The summed E-state index contributed by atoms with van der Waals surface area (Å²) in [6.07, 6.45) is 2.60. The summed E-state index contributed by atoms with van der Waals surface area (Å²) < 4.78 is 5.00. The minimum atomic E-state index is -1.10. The van der Waals surface area contributed by atoms with Gasteiger partial charge < -0.3 is 15.2 Å². The molecule has 102 valence electrons. The van der Waals surface area contributed by atoms with Gasteiger partial charge in [-0.2, -0.15) is 0 Å². The van der Waals surface area contributed by atoms with Gasteiger partial charge in [0.25, 0.3) is 5.91 Å². The fraction of sp³-hybridized carbons (Fsp3) is 0.0714. The number of benzene rings is 1. The summed E-state index contributed by atoms with van der Waals surface area (Å²) in [5, 5.41) is 11.4. The molecule has 1 heterocycles. The third kappa shape index (κ3) is 3.11. The van der Waals surface area contributed by atoms with Crippen molar-refractivity contribution in [3.63, 3.8) is 0 Å². The van der Waals surface area contributed by atoms with Crippen LogP contribution in [-0.2, 0) is 0 Å². The van der Waals surface area contributed by atoms with Gasteiger partial charge in [0.1, 0.15) is 5.75 Å². The van der Waals surface area contributed by atoms with Crippen molar-refractivity contribution in [2.24, 2.45) is 0 Å². The lowest BCUT2D eigenvalue weighted by Crippen LogP contribution is -2.12. The Morgan fingerprint density at radius 2 is 1.85 bits per heavy atom. The number of ether oxygens (including phenoxy) is 1. The molecule has 6 nitrogen and oxygen atoms in total. The van der Waals surface area contributed by atoms with Gasteiger partial charge in [-0.1, -0.05) is 0 Å². The van der Waals surface area contributed by atoms with Gasteiger partial charge in [0.2, 0.25) is 0 Å². The van der Waals surface area contributed by atoms with Gasteiger partial charge in [0.05, 0.1) is 24.6 Å². The number of anilines is 1. The van der Waals surface area contributed by atoms with Crippen molar-refractivity contribution < 1.29 is 19.4 Å². The molecule has 6 heteroatoms. The van der Waals surface area contributed by atoms with Crippen molar-refractivity contribution in [3.8, 4) is 5.75 Å². The molecule has 0 spiro atoms. The Balaban J connectivity index is 2.14. The van der Waals surface area contributed by atoms with E-state index in [1.54, 1.807) is 24.3 Å². The molecule has 20 heavy (non-hydrogen) atoms. The number of hydrogen-bond acceptors (Lipinski definition) is 4. The van der Waals surface area contributed by atoms with Crippen LogP contribution < -0.4 is 10.1 Å². The second-order valence-electron chi connectivity index (χ2n) is 3.95. The highest BCUT2D eigenvalue weighted by atomic mass is 16.5. The number of carboxylic acids is 1. The Bertz CT molecular complexity index is 638. The Morgan fingerprint density at radius 1 is 1.15 bits per heavy atom. The highest BCUT2D eigenvalue weighted by Crippen LogP contribution is 2.14. The second-order valence-corrected chi connectivity index (χ2v) is 3.95. The van der Waals surface area contributed by atoms with Crippen LogP contribution in [0.25, 0.3) is 0 Å². The minimum Gasteiger partial charge on any atom is -0.497 e. The van der Waals surface area contributed by atoms with Crippen LogP contribution in [-0.4, -0.2) is 29.1 Å². The van der Waals surface area contributed by atoms with Crippen LogP contribution >= 0.6 is 0 Å². The van der Waals surface area contributed by atoms with E-state index >= 15 is 0 Å². The summed E-state index contributed by atoms with van der Waals surface area (Å²) in [4.78, 5) is 26.5. The molecule has 0 fully saturated rings. The van der Waals surface area contributed by atoms with Crippen LogP contribution in [0.15, 0.2) is 42.7 Å². The maximum Gasteiger partial charge on any atom is 0.337 e. The quantitative estimate of drug-likeness (QED) is 0.889. The normalized spacial score (nSPS) is 9.85. The van der Waals surface area contributed by atoms with E-state index in [-0.39, 0.29) is 11.5 Å². The largest absolute Gasteiger partial charge is 0.497 e. The summed E-state index contributed by atoms with van der Waals surface area (Å²) in [7, 11) is 1.54. The van der Waals surface area contributed by atoms with Crippen molar-refractivity contribution in [2.45, 2.75) is 0 Å². The maximum absolute atomic E-state index is 12.0. The molecule has 0 unspecified atom stereocenters. The molecule has 1 aromatic carbocycles. The lowest BCUT2D eigenvalue weighted by molar-refractivity contribution is 0.0696. The highest BCUT2D eigenvalue weighted by Gasteiger charge is 2.09. The molecular formula is C14H12N2O4. The van der Waals surface area contributed by atoms with Gasteiger partial charge in [-0.25, -0.2) is 4.79 Å². The topological polar surface area (TPSA) is 88.5 Å². The van der Waals surface area contributed by atoms with Crippen LogP contribution in [0.1, 0.15) is 20.7 Å². The Kier molecular flexibility index (Phi) is 3.95. The monoisotopic (exact) mass is 272 g/mol. The zero-order chi connectivity index (χ0) is 14.5. The molecular weight excluding hydrogens is 260 g/mol. The molecule has 0 atom stereocenters. The second kappa shape index (κ2) is 5.83. The predicted octanol–water partition coefficient (Wildman–Crippen LogP) is 2.04. The van der Waals surface area contributed by atoms with E-state index in [0.717, 1.165) is 0 Å². The molecule has 2 aromatic rings. The highest BCUT2D eigenvalue weighted by molar-refractivity contribution is 6.04. The number of aromatic nitrogens is 1. The number of nitrogens with zero attached hydrogens (tertiary/aromatic N) is 1. The van der Waals surface area contributed by atoms with Crippen LogP contribution in [0, 0.1) is 0 Å². The molecule has 0 saturated heterocycles. The van der Waals surface area contributed by atoms with Crippen molar-refractivity contribution in [3.05, 3.63) is 53.9 Å². The van der Waals surface area contributed by atoms with Crippen LogP contribution in [0.2, 0.25) is 0 Å². The van der Waals surface area contributed by atoms with Crippen molar-refractivity contribution in [1.82, 2.24) is 4.98 Å². The lowest BCUT2D eigenvalue weighted by Gasteiger charge is -2.06. The average molecular weight is 272 g/mol. The average Bonchev–Trinajstić information content (AvgIpc) is 2.47. The smallest absolute Gasteiger partial charge is 0.337 e. The Hall–Kier alpha value is -2.89. The Morgan fingerprint density at radius 3 is 2.45 bits per heavy atom. The van der Waals surface area contributed by atoms with E-state index in [4.69, 9.17) is 9.84 Å². The minimum absolute atomic E-state index is 0.0116. The number of rotatable bonds is 4. The van der Waals surface area contributed by atoms with Crippen LogP contribution in [0.5, 0.6) is 5.75 Å². The summed E-state index contributed by atoms with van der Waals surface area (Å²) in [5.41, 5.74) is 0.773. The number of hydrogen-bond donors (Lipinski definition) is 2. The SMILES string of the molecule is COc1ccc(C(=O)Nc2cncc(C(=O)O)c2)cc1. The zero-order valence-corrected chi connectivity index (χ0v) is 10.7. The van der Waals surface area contributed by atoms with Gasteiger partial charge in [0.15, 0.2) is 0 Å². The first-order valence-electron chi connectivity index (χ1n) is 5.74. The van der Waals surface area contributed by atoms with Crippen molar-refractivity contribution >= 4 is 17.6 Å². The molecule has 0 bridgehead atoms. The molecule has 1 aromatic heterocycles. The molecule has 2 rings (SSSR count). The molecule has 0 aliphatic rings. The van der Waals surface area contributed by atoms with Gasteiger partial charge in [-0.3, -0.25) is 9.78 Å². The molecule has 0 aliphatic heterocycles. The number of carbonyl (C=O) groups is 2.